The summed E-state index contributed by atoms with van der Waals surface area (Å²) in [6.45, 7) is 4.31. The molecule has 0 unspecified atom stereocenters. The number of hydrogen-bond donors (Lipinski definition) is 2. The van der Waals surface area contributed by atoms with Crippen LogP contribution in [-0.2, 0) is 11.2 Å². The summed E-state index contributed by atoms with van der Waals surface area (Å²) < 4.78 is 0. The summed E-state index contributed by atoms with van der Waals surface area (Å²) >= 11 is 0. The molecule has 1 fully saturated rings. The molecule has 0 spiro atoms. The number of hydrogen-bond acceptors (Lipinski definition) is 3. The summed E-state index contributed by atoms with van der Waals surface area (Å²) in [5.74, 6) is 0.0891. The highest BCUT2D eigenvalue weighted by molar-refractivity contribution is 5.85. The number of likely N-dealkylation sites (tertiary alicyclic amines) is 1. The van der Waals surface area contributed by atoms with Crippen molar-refractivity contribution in [2.24, 2.45) is 0 Å². The van der Waals surface area contributed by atoms with Gasteiger partial charge >= 0.3 is 0 Å². The number of anilines is 1. The number of nitrogens with one attached hydrogen (secondary N) is 1. The smallest absolute Gasteiger partial charge is 0.224 e. The third-order valence-corrected chi connectivity index (χ3v) is 3.52. The first-order chi connectivity index (χ1) is 9.24. The van der Waals surface area contributed by atoms with Gasteiger partial charge in [-0.05, 0) is 56.6 Å². The molecule has 0 bridgehead atoms. The molecule has 1 saturated heterocycles. The molecule has 3 N–H and O–H groups in total. The second-order valence-corrected chi connectivity index (χ2v) is 5.17. The Morgan fingerprint density at radius 2 is 1.76 bits per heavy atom. The summed E-state index contributed by atoms with van der Waals surface area (Å²) in [5, 5.41) is 2.97. The summed E-state index contributed by atoms with van der Waals surface area (Å²) in [4.78, 5) is 14.2. The second kappa shape index (κ2) is 10.7. The lowest BCUT2D eigenvalue weighted by molar-refractivity contribution is -0.120. The van der Waals surface area contributed by atoms with E-state index >= 15 is 0 Å². The van der Waals surface area contributed by atoms with Crippen molar-refractivity contribution in [2.45, 2.75) is 25.7 Å². The summed E-state index contributed by atoms with van der Waals surface area (Å²) in [6.07, 6.45) is 4.12. The molecular weight excluding hydrogens is 309 g/mol. The molecule has 0 radical (unpaired) electrons. The van der Waals surface area contributed by atoms with Crippen LogP contribution in [0.3, 0.4) is 0 Å². The van der Waals surface area contributed by atoms with E-state index in [2.05, 4.69) is 10.2 Å². The summed E-state index contributed by atoms with van der Waals surface area (Å²) in [6, 6.07) is 7.46. The normalized spacial score (nSPS) is 14.1. The fraction of sp³-hybridized carbons (Fsp3) is 0.533. The van der Waals surface area contributed by atoms with Crippen LogP contribution in [0, 0.1) is 0 Å². The van der Waals surface area contributed by atoms with Gasteiger partial charge in [0.2, 0.25) is 5.91 Å². The van der Waals surface area contributed by atoms with Crippen molar-refractivity contribution in [3.8, 4) is 0 Å². The number of nitrogen functional groups attached to an aromatic ring is 1. The van der Waals surface area contributed by atoms with E-state index in [1.54, 1.807) is 0 Å². The lowest BCUT2D eigenvalue weighted by Gasteiger charge is -2.14. The van der Waals surface area contributed by atoms with Crippen molar-refractivity contribution in [3.05, 3.63) is 29.8 Å². The highest BCUT2D eigenvalue weighted by atomic mass is 35.5. The minimum Gasteiger partial charge on any atom is -0.399 e. The first kappa shape index (κ1) is 20.0. The molecule has 1 amide bonds. The van der Waals surface area contributed by atoms with Gasteiger partial charge < -0.3 is 16.0 Å². The average molecular weight is 334 g/mol. The van der Waals surface area contributed by atoms with E-state index < -0.39 is 0 Å². The van der Waals surface area contributed by atoms with Crippen molar-refractivity contribution >= 4 is 36.4 Å². The molecule has 120 valence electrons. The quantitative estimate of drug-likeness (QED) is 0.620. The van der Waals surface area contributed by atoms with Crippen molar-refractivity contribution in [1.82, 2.24) is 10.2 Å². The van der Waals surface area contributed by atoms with E-state index in [1.807, 2.05) is 24.3 Å². The monoisotopic (exact) mass is 333 g/mol. The van der Waals surface area contributed by atoms with Crippen LogP contribution in [0.5, 0.6) is 0 Å². The van der Waals surface area contributed by atoms with Crippen LogP contribution < -0.4 is 11.1 Å². The van der Waals surface area contributed by atoms with Gasteiger partial charge in [0, 0.05) is 12.2 Å². The maximum atomic E-state index is 11.7. The van der Waals surface area contributed by atoms with Crippen molar-refractivity contribution < 1.29 is 4.79 Å². The molecule has 0 saturated carbocycles. The Balaban J connectivity index is 0.00000200. The van der Waals surface area contributed by atoms with Crippen LogP contribution in [0.1, 0.15) is 24.8 Å². The lowest BCUT2D eigenvalue weighted by Crippen LogP contribution is -2.29. The molecule has 6 heteroatoms. The number of carbonyl (C=O) groups is 1. The highest BCUT2D eigenvalue weighted by Crippen LogP contribution is 2.07. The zero-order valence-electron chi connectivity index (χ0n) is 12.2. The van der Waals surface area contributed by atoms with Crippen LogP contribution in [0.2, 0.25) is 0 Å². The second-order valence-electron chi connectivity index (χ2n) is 5.17. The molecule has 2 rings (SSSR count). The number of nitrogens with zero attached hydrogens (tertiary/aromatic N) is 1. The first-order valence-corrected chi connectivity index (χ1v) is 7.07. The SMILES string of the molecule is Cl.Cl.Nc1ccc(CC(=O)NCCCN2CCCC2)cc1. The molecule has 1 aromatic carbocycles. The van der Waals surface area contributed by atoms with Crippen LogP contribution >= 0.6 is 24.8 Å². The number of carbonyl (C=O) groups excluding carboxylic acids is 1. The van der Waals surface area contributed by atoms with Gasteiger partial charge in [-0.3, -0.25) is 4.79 Å². The molecule has 0 atom stereocenters. The minimum atomic E-state index is 0. The molecule has 1 aliphatic heterocycles. The Morgan fingerprint density at radius 1 is 1.14 bits per heavy atom. The zero-order chi connectivity index (χ0) is 13.5. The van der Waals surface area contributed by atoms with Gasteiger partial charge in [-0.25, -0.2) is 0 Å². The average Bonchev–Trinajstić information content (AvgIpc) is 2.91. The van der Waals surface area contributed by atoms with Crippen LogP contribution in [-0.4, -0.2) is 37.0 Å². The fourth-order valence-electron chi connectivity index (χ4n) is 2.42. The number of rotatable bonds is 6. The largest absolute Gasteiger partial charge is 0.399 e. The van der Waals surface area contributed by atoms with Crippen LogP contribution in [0.25, 0.3) is 0 Å². The van der Waals surface area contributed by atoms with Crippen molar-refractivity contribution in [1.29, 1.82) is 0 Å². The van der Waals surface area contributed by atoms with Gasteiger partial charge in [-0.1, -0.05) is 12.1 Å². The van der Waals surface area contributed by atoms with Gasteiger partial charge in [0.05, 0.1) is 6.42 Å². The first-order valence-electron chi connectivity index (χ1n) is 7.07. The maximum absolute atomic E-state index is 11.7. The Kier molecular flexibility index (Phi) is 10.2. The van der Waals surface area contributed by atoms with Gasteiger partial charge in [-0.2, -0.15) is 0 Å². The predicted octanol–water partition coefficient (Wildman–Crippen LogP) is 2.26. The van der Waals surface area contributed by atoms with E-state index in [-0.39, 0.29) is 30.7 Å². The topological polar surface area (TPSA) is 58.4 Å². The Hall–Kier alpha value is -0.970. The summed E-state index contributed by atoms with van der Waals surface area (Å²) in [5.41, 5.74) is 7.35. The molecule has 4 nitrogen and oxygen atoms in total. The molecule has 1 heterocycles. The third-order valence-electron chi connectivity index (χ3n) is 3.52. The maximum Gasteiger partial charge on any atom is 0.224 e. The standard InChI is InChI=1S/C15H23N3O.2ClH/c16-14-6-4-13(5-7-14)12-15(19)17-8-3-11-18-9-1-2-10-18;;/h4-7H,1-3,8-12,16H2,(H,17,19);2*1H. The number of amides is 1. The van der Waals surface area contributed by atoms with E-state index in [4.69, 9.17) is 5.73 Å². The van der Waals surface area contributed by atoms with Crippen LogP contribution in [0.4, 0.5) is 5.69 Å². The zero-order valence-corrected chi connectivity index (χ0v) is 13.8. The number of benzene rings is 1. The van der Waals surface area contributed by atoms with E-state index in [9.17, 15) is 4.79 Å². The van der Waals surface area contributed by atoms with E-state index in [1.165, 1.54) is 25.9 Å². The van der Waals surface area contributed by atoms with Crippen molar-refractivity contribution in [3.63, 3.8) is 0 Å². The Labute approximate surface area is 139 Å². The number of nitrogens with two attached hydrogens (primary N) is 1. The van der Waals surface area contributed by atoms with E-state index in [0.29, 0.717) is 6.42 Å². The molecular formula is C15H25Cl2N3O. The Morgan fingerprint density at radius 3 is 2.38 bits per heavy atom. The molecule has 1 aromatic rings. The van der Waals surface area contributed by atoms with Crippen molar-refractivity contribution in [2.75, 3.05) is 31.9 Å². The van der Waals surface area contributed by atoms with Crippen LogP contribution in [0.15, 0.2) is 24.3 Å². The third kappa shape index (κ3) is 7.55. The molecule has 21 heavy (non-hydrogen) atoms. The Bertz CT molecular complexity index is 406. The minimum absolute atomic E-state index is 0. The highest BCUT2D eigenvalue weighted by Gasteiger charge is 2.10. The van der Waals surface area contributed by atoms with Gasteiger partial charge in [0.25, 0.3) is 0 Å². The predicted molar refractivity (Wildman–Crippen MR) is 92.4 cm³/mol. The van der Waals surface area contributed by atoms with E-state index in [0.717, 1.165) is 30.8 Å². The molecule has 0 aromatic heterocycles. The van der Waals surface area contributed by atoms with Gasteiger partial charge in [0.15, 0.2) is 0 Å². The number of halogens is 2. The molecule has 0 aliphatic carbocycles. The van der Waals surface area contributed by atoms with Gasteiger partial charge in [-0.15, -0.1) is 24.8 Å². The molecule has 1 aliphatic rings. The van der Waals surface area contributed by atoms with Gasteiger partial charge in [0.1, 0.15) is 0 Å². The lowest BCUT2D eigenvalue weighted by atomic mass is 10.1. The fourth-order valence-corrected chi connectivity index (χ4v) is 2.42. The summed E-state index contributed by atoms with van der Waals surface area (Å²) in [7, 11) is 0.